The van der Waals surface area contributed by atoms with Gasteiger partial charge in [-0.05, 0) is 63.2 Å². The molecule has 0 fully saturated rings. The molecule has 0 aliphatic carbocycles. The van der Waals surface area contributed by atoms with Crippen LogP contribution in [0.4, 0.5) is 15.8 Å². The first-order chi connectivity index (χ1) is 14.1. The minimum atomic E-state index is -3.79. The van der Waals surface area contributed by atoms with Crippen LogP contribution >= 0.6 is 0 Å². The van der Waals surface area contributed by atoms with Crippen LogP contribution in [-0.4, -0.2) is 44.3 Å². The summed E-state index contributed by atoms with van der Waals surface area (Å²) in [6.07, 6.45) is 0. The van der Waals surface area contributed by atoms with Crippen molar-refractivity contribution in [3.8, 4) is 0 Å². The zero-order chi connectivity index (χ0) is 22.5. The number of rotatable bonds is 9. The number of benzene rings is 2. The van der Waals surface area contributed by atoms with E-state index in [1.54, 1.807) is 26.0 Å². The molecular weight excluding hydrogens is 405 g/mol. The van der Waals surface area contributed by atoms with Crippen LogP contribution in [0.2, 0.25) is 0 Å². The second-order valence-corrected chi connectivity index (χ2v) is 9.05. The zero-order valence-corrected chi connectivity index (χ0v) is 19.0. The third-order valence-corrected chi connectivity index (χ3v) is 6.99. The van der Waals surface area contributed by atoms with Crippen molar-refractivity contribution >= 4 is 27.3 Å². The van der Waals surface area contributed by atoms with Crippen molar-refractivity contribution in [1.82, 2.24) is 4.31 Å². The molecule has 0 saturated carbocycles. The van der Waals surface area contributed by atoms with E-state index in [-0.39, 0.29) is 23.5 Å². The Morgan fingerprint density at radius 2 is 1.60 bits per heavy atom. The van der Waals surface area contributed by atoms with Crippen LogP contribution in [0.5, 0.6) is 0 Å². The molecule has 0 unspecified atom stereocenters. The fourth-order valence-electron chi connectivity index (χ4n) is 3.33. The maximum atomic E-state index is 14.3. The molecule has 1 amide bonds. The molecule has 0 heterocycles. The molecule has 0 aromatic heterocycles. The van der Waals surface area contributed by atoms with E-state index in [9.17, 15) is 17.6 Å². The number of halogens is 1. The van der Waals surface area contributed by atoms with Gasteiger partial charge >= 0.3 is 0 Å². The average molecular weight is 436 g/mol. The van der Waals surface area contributed by atoms with Gasteiger partial charge in [0.1, 0.15) is 5.82 Å². The fourth-order valence-corrected chi connectivity index (χ4v) is 4.82. The molecule has 164 valence electrons. The van der Waals surface area contributed by atoms with Crippen LogP contribution in [0, 0.1) is 5.82 Å². The van der Waals surface area contributed by atoms with Crippen LogP contribution in [0.1, 0.15) is 45.0 Å². The number of anilines is 2. The number of amides is 1. The zero-order valence-electron chi connectivity index (χ0n) is 18.1. The highest BCUT2D eigenvalue weighted by atomic mass is 32.2. The summed E-state index contributed by atoms with van der Waals surface area (Å²) in [5.74, 6) is -1.48. The molecule has 30 heavy (non-hydrogen) atoms. The number of nitrogens with one attached hydrogen (secondary N) is 1. The van der Waals surface area contributed by atoms with E-state index in [1.165, 1.54) is 10.4 Å². The largest absolute Gasteiger partial charge is 0.369 e. The van der Waals surface area contributed by atoms with Crippen LogP contribution in [0.15, 0.2) is 47.4 Å². The number of nitrogens with zero attached hydrogens (tertiary/aromatic N) is 2. The highest BCUT2D eigenvalue weighted by molar-refractivity contribution is 7.89. The van der Waals surface area contributed by atoms with Gasteiger partial charge in [-0.25, -0.2) is 12.8 Å². The predicted molar refractivity (Wildman–Crippen MR) is 119 cm³/mol. The maximum absolute atomic E-state index is 14.3. The summed E-state index contributed by atoms with van der Waals surface area (Å²) in [4.78, 5) is 14.7. The molecule has 8 heteroatoms. The number of hydrogen-bond donors (Lipinski definition) is 1. The molecule has 0 radical (unpaired) electrons. The highest BCUT2D eigenvalue weighted by Crippen LogP contribution is 2.22. The standard InChI is InChI=1S/C22H30FN3O3S/c1-6-25(7-2)30(28,29)19-13-14-21(23)20(15-19)22(27)24-17-9-11-18(12-10-17)26(8-3)16(4)5/h9-16H,6-8H2,1-5H3,(H,24,27). The quantitative estimate of drug-likeness (QED) is 0.636. The molecule has 0 saturated heterocycles. The van der Waals surface area contributed by atoms with Crippen LogP contribution in [0.25, 0.3) is 0 Å². The second kappa shape index (κ2) is 10.0. The first-order valence-corrected chi connectivity index (χ1v) is 11.6. The molecule has 0 bridgehead atoms. The third-order valence-electron chi connectivity index (χ3n) is 4.95. The Morgan fingerprint density at radius 1 is 1.00 bits per heavy atom. The molecule has 0 atom stereocenters. The van der Waals surface area contributed by atoms with Gasteiger partial charge in [-0.2, -0.15) is 4.31 Å². The molecule has 2 aromatic carbocycles. The molecule has 0 spiro atoms. The Balaban J connectivity index is 2.27. The Morgan fingerprint density at radius 3 is 2.10 bits per heavy atom. The van der Waals surface area contributed by atoms with Gasteiger partial charge in [0.2, 0.25) is 10.0 Å². The number of carbonyl (C=O) groups is 1. The molecule has 6 nitrogen and oxygen atoms in total. The number of hydrogen-bond acceptors (Lipinski definition) is 4. The summed E-state index contributed by atoms with van der Waals surface area (Å²) in [6, 6.07) is 10.9. The lowest BCUT2D eigenvalue weighted by Crippen LogP contribution is -2.31. The molecule has 2 aromatic rings. The van der Waals surface area contributed by atoms with Gasteiger partial charge in [-0.15, -0.1) is 0 Å². The Hall–Kier alpha value is -2.45. The minimum absolute atomic E-state index is 0.108. The summed E-state index contributed by atoms with van der Waals surface area (Å²) in [7, 11) is -3.79. The van der Waals surface area contributed by atoms with Gasteiger partial charge in [0.05, 0.1) is 10.5 Å². The first kappa shape index (κ1) is 23.8. The van der Waals surface area contributed by atoms with Gasteiger partial charge in [0, 0.05) is 37.1 Å². The van der Waals surface area contributed by atoms with Crippen molar-refractivity contribution in [2.75, 3.05) is 29.9 Å². The van der Waals surface area contributed by atoms with Crippen LogP contribution < -0.4 is 10.2 Å². The van der Waals surface area contributed by atoms with Crippen molar-refractivity contribution in [2.45, 2.75) is 45.6 Å². The Labute approximate surface area is 178 Å². The lowest BCUT2D eigenvalue weighted by atomic mass is 10.2. The molecule has 0 aliphatic rings. The van der Waals surface area contributed by atoms with Crippen molar-refractivity contribution in [3.63, 3.8) is 0 Å². The number of sulfonamides is 1. The number of carbonyl (C=O) groups excluding carboxylic acids is 1. The van der Waals surface area contributed by atoms with Crippen LogP contribution in [0.3, 0.4) is 0 Å². The van der Waals surface area contributed by atoms with E-state index >= 15 is 0 Å². The third kappa shape index (κ3) is 5.17. The second-order valence-electron chi connectivity index (χ2n) is 7.11. The van der Waals surface area contributed by atoms with E-state index in [2.05, 4.69) is 31.0 Å². The Bertz CT molecular complexity index is 972. The van der Waals surface area contributed by atoms with Gasteiger partial charge in [-0.1, -0.05) is 13.8 Å². The van der Waals surface area contributed by atoms with Gasteiger partial charge in [0.25, 0.3) is 5.91 Å². The maximum Gasteiger partial charge on any atom is 0.258 e. The molecule has 1 N–H and O–H groups in total. The monoisotopic (exact) mass is 435 g/mol. The van der Waals surface area contributed by atoms with Crippen LogP contribution in [-0.2, 0) is 10.0 Å². The summed E-state index contributed by atoms with van der Waals surface area (Å²) < 4.78 is 40.9. The van der Waals surface area contributed by atoms with E-state index < -0.39 is 21.7 Å². The summed E-state index contributed by atoms with van der Waals surface area (Å²) in [5.41, 5.74) is 1.20. The smallest absolute Gasteiger partial charge is 0.258 e. The molecule has 0 aliphatic heterocycles. The van der Waals surface area contributed by atoms with Gasteiger partial charge in [-0.3, -0.25) is 4.79 Å². The van der Waals surface area contributed by atoms with Crippen molar-refractivity contribution in [2.24, 2.45) is 0 Å². The van der Waals surface area contributed by atoms with Gasteiger partial charge in [0.15, 0.2) is 0 Å². The van der Waals surface area contributed by atoms with E-state index in [0.717, 1.165) is 24.4 Å². The van der Waals surface area contributed by atoms with Gasteiger partial charge < -0.3 is 10.2 Å². The van der Waals surface area contributed by atoms with E-state index in [1.807, 2.05) is 12.1 Å². The topological polar surface area (TPSA) is 69.7 Å². The SMILES string of the molecule is CCN(c1ccc(NC(=O)c2cc(S(=O)(=O)N(CC)CC)ccc2F)cc1)C(C)C. The molecular formula is C22H30FN3O3S. The highest BCUT2D eigenvalue weighted by Gasteiger charge is 2.24. The lowest BCUT2D eigenvalue weighted by Gasteiger charge is -2.27. The lowest BCUT2D eigenvalue weighted by molar-refractivity contribution is 0.102. The van der Waals surface area contributed by atoms with Crippen molar-refractivity contribution in [3.05, 3.63) is 53.8 Å². The fraction of sp³-hybridized carbons (Fsp3) is 0.409. The summed E-state index contributed by atoms with van der Waals surface area (Å²) >= 11 is 0. The van der Waals surface area contributed by atoms with E-state index in [0.29, 0.717) is 11.7 Å². The van der Waals surface area contributed by atoms with Crippen molar-refractivity contribution < 1.29 is 17.6 Å². The first-order valence-electron chi connectivity index (χ1n) is 10.1. The normalized spacial score (nSPS) is 11.7. The Kier molecular flexibility index (Phi) is 7.97. The van der Waals surface area contributed by atoms with E-state index in [4.69, 9.17) is 0 Å². The summed E-state index contributed by atoms with van der Waals surface area (Å²) in [5, 5.41) is 2.64. The van der Waals surface area contributed by atoms with Crippen molar-refractivity contribution in [1.29, 1.82) is 0 Å². The minimum Gasteiger partial charge on any atom is -0.369 e. The molecule has 2 rings (SSSR count). The average Bonchev–Trinajstić information content (AvgIpc) is 2.70. The predicted octanol–water partition coefficient (Wildman–Crippen LogP) is 4.34. The summed E-state index contributed by atoms with van der Waals surface area (Å²) in [6.45, 7) is 11.1.